The molecule has 1 amide bonds. The summed E-state index contributed by atoms with van der Waals surface area (Å²) in [5.74, 6) is 1.57. The number of carbonyl (C=O) groups is 1. The van der Waals surface area contributed by atoms with Gasteiger partial charge in [0.1, 0.15) is 10.8 Å². The van der Waals surface area contributed by atoms with Crippen molar-refractivity contribution in [2.75, 3.05) is 26.2 Å². The number of benzene rings is 1. The predicted molar refractivity (Wildman–Crippen MR) is 127 cm³/mol. The molecule has 3 heterocycles. The van der Waals surface area contributed by atoms with Crippen molar-refractivity contribution in [1.29, 1.82) is 0 Å². The van der Waals surface area contributed by atoms with Crippen molar-refractivity contribution in [2.45, 2.75) is 44.5 Å². The van der Waals surface area contributed by atoms with E-state index in [4.69, 9.17) is 4.52 Å². The standard InChI is InChI=1S/C25H30N4O2S/c1-18-7-9-21(10-8-18)16-28-12-5-13-29(15-14-28)25(30)22-6-4-11-26-24(22)32-17-23-19(2)27-31-20(23)3/h4,6-11H,5,12-17H2,1-3H3. The second-order valence-electron chi connectivity index (χ2n) is 8.36. The Kier molecular flexibility index (Phi) is 7.27. The van der Waals surface area contributed by atoms with Crippen molar-refractivity contribution in [3.8, 4) is 0 Å². The molecular formula is C25H30N4O2S. The lowest BCUT2D eigenvalue weighted by Crippen LogP contribution is -2.35. The van der Waals surface area contributed by atoms with Crippen LogP contribution in [0.15, 0.2) is 52.1 Å². The highest BCUT2D eigenvalue weighted by atomic mass is 32.2. The summed E-state index contributed by atoms with van der Waals surface area (Å²) in [7, 11) is 0. The van der Waals surface area contributed by atoms with Crippen LogP contribution < -0.4 is 0 Å². The fourth-order valence-electron chi connectivity index (χ4n) is 3.97. The van der Waals surface area contributed by atoms with E-state index < -0.39 is 0 Å². The topological polar surface area (TPSA) is 62.5 Å². The Bertz CT molecular complexity index is 1040. The fourth-order valence-corrected chi connectivity index (χ4v) is 5.11. The van der Waals surface area contributed by atoms with E-state index in [1.807, 2.05) is 30.9 Å². The summed E-state index contributed by atoms with van der Waals surface area (Å²) in [6.07, 6.45) is 2.72. The normalized spacial score (nSPS) is 15.0. The summed E-state index contributed by atoms with van der Waals surface area (Å²) in [5.41, 5.74) is 5.23. The van der Waals surface area contributed by atoms with Crippen LogP contribution >= 0.6 is 11.8 Å². The highest BCUT2D eigenvalue weighted by molar-refractivity contribution is 7.98. The number of amides is 1. The number of pyridine rings is 1. The highest BCUT2D eigenvalue weighted by Gasteiger charge is 2.23. The molecule has 168 valence electrons. The quantitative estimate of drug-likeness (QED) is 0.510. The van der Waals surface area contributed by atoms with Crippen molar-refractivity contribution in [1.82, 2.24) is 19.9 Å². The molecule has 1 fully saturated rings. The Balaban J connectivity index is 1.40. The van der Waals surface area contributed by atoms with Crippen LogP contribution in [0.4, 0.5) is 0 Å². The zero-order valence-corrected chi connectivity index (χ0v) is 19.8. The molecule has 1 aliphatic heterocycles. The van der Waals surface area contributed by atoms with Gasteiger partial charge < -0.3 is 9.42 Å². The van der Waals surface area contributed by atoms with Crippen molar-refractivity contribution in [3.05, 3.63) is 76.3 Å². The van der Waals surface area contributed by atoms with Gasteiger partial charge in [-0.1, -0.05) is 35.0 Å². The van der Waals surface area contributed by atoms with Gasteiger partial charge in [-0.3, -0.25) is 9.69 Å². The summed E-state index contributed by atoms with van der Waals surface area (Å²) < 4.78 is 5.27. The Morgan fingerprint density at radius 2 is 1.88 bits per heavy atom. The molecule has 6 nitrogen and oxygen atoms in total. The molecular weight excluding hydrogens is 420 g/mol. The van der Waals surface area contributed by atoms with Crippen molar-refractivity contribution in [2.24, 2.45) is 0 Å². The van der Waals surface area contributed by atoms with E-state index in [0.717, 1.165) is 61.2 Å². The molecule has 0 aliphatic carbocycles. The van der Waals surface area contributed by atoms with Crippen LogP contribution in [0, 0.1) is 20.8 Å². The maximum absolute atomic E-state index is 13.4. The van der Waals surface area contributed by atoms with E-state index in [1.54, 1.807) is 18.0 Å². The van der Waals surface area contributed by atoms with Crippen LogP contribution in [0.3, 0.4) is 0 Å². The molecule has 1 aliphatic rings. The minimum Gasteiger partial charge on any atom is -0.361 e. The summed E-state index contributed by atoms with van der Waals surface area (Å²) in [5, 5.41) is 4.78. The summed E-state index contributed by atoms with van der Waals surface area (Å²) in [4.78, 5) is 22.3. The third kappa shape index (κ3) is 5.40. The Morgan fingerprint density at radius 3 is 2.62 bits per heavy atom. The molecule has 32 heavy (non-hydrogen) atoms. The molecule has 1 aromatic carbocycles. The van der Waals surface area contributed by atoms with Crippen LogP contribution in [-0.2, 0) is 12.3 Å². The molecule has 0 radical (unpaired) electrons. The van der Waals surface area contributed by atoms with Crippen molar-refractivity contribution >= 4 is 17.7 Å². The van der Waals surface area contributed by atoms with Crippen LogP contribution in [0.1, 0.15) is 44.9 Å². The van der Waals surface area contributed by atoms with Gasteiger partial charge in [-0.25, -0.2) is 4.98 Å². The predicted octanol–water partition coefficient (Wildman–Crippen LogP) is 4.64. The SMILES string of the molecule is Cc1ccc(CN2CCCN(C(=O)c3cccnc3SCc3c(C)noc3C)CC2)cc1. The number of nitrogens with zero attached hydrogens (tertiary/aromatic N) is 4. The highest BCUT2D eigenvalue weighted by Crippen LogP contribution is 2.28. The molecule has 0 unspecified atom stereocenters. The molecule has 1 saturated heterocycles. The maximum atomic E-state index is 13.4. The number of thioether (sulfide) groups is 1. The van der Waals surface area contributed by atoms with Gasteiger partial charge in [0.2, 0.25) is 0 Å². The minimum atomic E-state index is 0.0662. The van der Waals surface area contributed by atoms with Crippen LogP contribution in [0.5, 0.6) is 0 Å². The average Bonchev–Trinajstić information content (AvgIpc) is 2.98. The average molecular weight is 451 g/mol. The van der Waals surface area contributed by atoms with Crippen molar-refractivity contribution in [3.63, 3.8) is 0 Å². The summed E-state index contributed by atoms with van der Waals surface area (Å²) >= 11 is 1.57. The second-order valence-corrected chi connectivity index (χ2v) is 9.32. The zero-order chi connectivity index (χ0) is 22.5. The van der Waals surface area contributed by atoms with E-state index in [-0.39, 0.29) is 5.91 Å². The lowest BCUT2D eigenvalue weighted by atomic mass is 10.1. The molecule has 0 bridgehead atoms. The molecule has 3 aromatic rings. The van der Waals surface area contributed by atoms with Crippen LogP contribution in [0.25, 0.3) is 0 Å². The number of aryl methyl sites for hydroxylation is 3. The van der Waals surface area contributed by atoms with Gasteiger partial charge in [-0.15, -0.1) is 11.8 Å². The van der Waals surface area contributed by atoms with Gasteiger partial charge in [-0.2, -0.15) is 0 Å². The number of hydrogen-bond donors (Lipinski definition) is 0. The van der Waals surface area contributed by atoms with Gasteiger partial charge in [-0.05, 0) is 44.9 Å². The first-order valence-corrected chi connectivity index (χ1v) is 12.1. The van der Waals surface area contributed by atoms with E-state index >= 15 is 0 Å². The molecule has 2 aromatic heterocycles. The van der Waals surface area contributed by atoms with Crippen molar-refractivity contribution < 1.29 is 9.32 Å². The van der Waals surface area contributed by atoms with E-state index in [1.165, 1.54) is 11.1 Å². The lowest BCUT2D eigenvalue weighted by molar-refractivity contribution is 0.0757. The number of hydrogen-bond acceptors (Lipinski definition) is 6. The van der Waals surface area contributed by atoms with E-state index in [0.29, 0.717) is 11.3 Å². The minimum absolute atomic E-state index is 0.0662. The Morgan fingerprint density at radius 1 is 1.06 bits per heavy atom. The third-order valence-corrected chi connectivity index (χ3v) is 6.97. The molecule has 0 saturated carbocycles. The van der Waals surface area contributed by atoms with E-state index in [2.05, 4.69) is 46.2 Å². The molecule has 0 spiro atoms. The third-order valence-electron chi connectivity index (χ3n) is 5.94. The zero-order valence-electron chi connectivity index (χ0n) is 19.0. The fraction of sp³-hybridized carbons (Fsp3) is 0.400. The Labute approximate surface area is 194 Å². The van der Waals surface area contributed by atoms with Gasteiger partial charge in [0.05, 0.1) is 11.3 Å². The molecule has 0 N–H and O–H groups in total. The molecule has 4 rings (SSSR count). The van der Waals surface area contributed by atoms with Gasteiger partial charge in [0, 0.05) is 50.2 Å². The Hall–Kier alpha value is -2.64. The molecule has 0 atom stereocenters. The summed E-state index contributed by atoms with van der Waals surface area (Å²) in [6.45, 7) is 10.3. The van der Waals surface area contributed by atoms with Gasteiger partial charge in [0.15, 0.2) is 0 Å². The first-order chi connectivity index (χ1) is 15.5. The number of aromatic nitrogens is 2. The van der Waals surface area contributed by atoms with Gasteiger partial charge >= 0.3 is 0 Å². The van der Waals surface area contributed by atoms with Crippen LogP contribution in [0.2, 0.25) is 0 Å². The maximum Gasteiger partial charge on any atom is 0.256 e. The summed E-state index contributed by atoms with van der Waals surface area (Å²) in [6, 6.07) is 12.4. The monoisotopic (exact) mass is 450 g/mol. The first-order valence-electron chi connectivity index (χ1n) is 11.1. The van der Waals surface area contributed by atoms with Crippen LogP contribution in [-0.4, -0.2) is 52.0 Å². The number of carbonyl (C=O) groups excluding carboxylic acids is 1. The number of rotatable bonds is 6. The largest absolute Gasteiger partial charge is 0.361 e. The van der Waals surface area contributed by atoms with E-state index in [9.17, 15) is 4.79 Å². The van der Waals surface area contributed by atoms with Gasteiger partial charge in [0.25, 0.3) is 5.91 Å². The second kappa shape index (κ2) is 10.3. The lowest BCUT2D eigenvalue weighted by Gasteiger charge is -2.23. The smallest absolute Gasteiger partial charge is 0.256 e. The molecule has 7 heteroatoms. The first kappa shape index (κ1) is 22.6.